The lowest BCUT2D eigenvalue weighted by molar-refractivity contribution is -0.114. The molecule has 0 aromatic heterocycles. The van der Waals surface area contributed by atoms with E-state index in [-0.39, 0.29) is 26.9 Å². The van der Waals surface area contributed by atoms with Crippen LogP contribution in [0.1, 0.15) is 16.7 Å². The number of amides is 1. The number of carbonyl (C=O) groups excluding carboxylic acids is 1. The maximum absolute atomic E-state index is 13.9. The molecule has 12 heteroatoms. The lowest BCUT2D eigenvalue weighted by Gasteiger charge is -2.26. The van der Waals surface area contributed by atoms with Gasteiger partial charge in [0.2, 0.25) is 15.9 Å². The fourth-order valence-corrected chi connectivity index (χ4v) is 6.34. The van der Waals surface area contributed by atoms with Gasteiger partial charge >= 0.3 is 0 Å². The van der Waals surface area contributed by atoms with Crippen molar-refractivity contribution in [2.75, 3.05) is 37.4 Å². The molecular formula is C26H30ClN3O6S2. The summed E-state index contributed by atoms with van der Waals surface area (Å²) in [7, 11) is -3.88. The predicted octanol–water partition coefficient (Wildman–Crippen LogP) is 4.36. The molecule has 0 unspecified atom stereocenters. The maximum Gasteiger partial charge on any atom is 0.268 e. The monoisotopic (exact) mass is 579 g/mol. The molecule has 0 atom stereocenters. The zero-order valence-corrected chi connectivity index (χ0v) is 24.3. The molecule has 0 bridgehead atoms. The van der Waals surface area contributed by atoms with E-state index in [1.54, 1.807) is 51.1 Å². The third-order valence-corrected chi connectivity index (χ3v) is 9.89. The van der Waals surface area contributed by atoms with Crippen LogP contribution in [-0.2, 0) is 24.8 Å². The van der Waals surface area contributed by atoms with Gasteiger partial charge in [0.15, 0.2) is 0 Å². The molecule has 1 amide bonds. The average Bonchev–Trinajstić information content (AvgIpc) is 2.85. The first-order valence-electron chi connectivity index (χ1n) is 11.4. The summed E-state index contributed by atoms with van der Waals surface area (Å²) in [5.74, 6) is -0.559. The first-order valence-corrected chi connectivity index (χ1v) is 14.7. The fourth-order valence-electron chi connectivity index (χ4n) is 3.58. The van der Waals surface area contributed by atoms with Crippen LogP contribution in [-0.4, -0.2) is 54.8 Å². The third kappa shape index (κ3) is 6.12. The van der Waals surface area contributed by atoms with Crippen LogP contribution in [0.5, 0.6) is 5.75 Å². The Morgan fingerprint density at radius 3 is 2.16 bits per heavy atom. The van der Waals surface area contributed by atoms with Gasteiger partial charge in [0.25, 0.3) is 10.0 Å². The van der Waals surface area contributed by atoms with Gasteiger partial charge in [-0.3, -0.25) is 9.10 Å². The van der Waals surface area contributed by atoms with Gasteiger partial charge in [-0.15, -0.1) is 0 Å². The van der Waals surface area contributed by atoms with E-state index in [0.717, 1.165) is 14.2 Å². The van der Waals surface area contributed by atoms with Crippen LogP contribution < -0.4 is 14.4 Å². The van der Waals surface area contributed by atoms with Crippen LogP contribution in [0.3, 0.4) is 0 Å². The van der Waals surface area contributed by atoms with E-state index in [1.807, 2.05) is 0 Å². The quantitative estimate of drug-likeness (QED) is 0.403. The van der Waals surface area contributed by atoms with Crippen molar-refractivity contribution in [3.05, 3.63) is 76.3 Å². The molecule has 0 saturated carbocycles. The second-order valence-electron chi connectivity index (χ2n) is 8.91. The largest absolute Gasteiger partial charge is 0.495 e. The van der Waals surface area contributed by atoms with E-state index < -0.39 is 32.5 Å². The van der Waals surface area contributed by atoms with Crippen molar-refractivity contribution < 1.29 is 26.4 Å². The van der Waals surface area contributed by atoms with Gasteiger partial charge in [-0.2, -0.15) is 0 Å². The minimum Gasteiger partial charge on any atom is -0.495 e. The van der Waals surface area contributed by atoms with E-state index in [2.05, 4.69) is 5.32 Å². The Kier molecular flexibility index (Phi) is 8.77. The fraction of sp³-hybridized carbons (Fsp3) is 0.269. The molecule has 9 nitrogen and oxygen atoms in total. The number of halogens is 1. The van der Waals surface area contributed by atoms with E-state index in [9.17, 15) is 21.6 Å². The van der Waals surface area contributed by atoms with Crippen LogP contribution >= 0.6 is 11.6 Å². The molecule has 0 radical (unpaired) electrons. The molecule has 0 heterocycles. The van der Waals surface area contributed by atoms with Gasteiger partial charge in [0.05, 0.1) is 17.7 Å². The predicted molar refractivity (Wildman–Crippen MR) is 149 cm³/mol. The molecule has 204 valence electrons. The van der Waals surface area contributed by atoms with Crippen molar-refractivity contribution in [1.82, 2.24) is 4.31 Å². The van der Waals surface area contributed by atoms with Crippen LogP contribution in [0.15, 0.2) is 64.4 Å². The lowest BCUT2D eigenvalue weighted by Crippen LogP contribution is -2.38. The summed E-state index contributed by atoms with van der Waals surface area (Å²) >= 11 is 6.30. The minimum atomic E-state index is -4.30. The SMILES string of the molecule is COc1ccc(C)cc1S(=O)(=O)N(CC(=O)Nc1cc(S(=O)(=O)N(C)C)ccc1C)c1ccc(C)c(Cl)c1. The van der Waals surface area contributed by atoms with Crippen LogP contribution in [0.25, 0.3) is 0 Å². The Hall–Kier alpha value is -3.12. The Morgan fingerprint density at radius 1 is 0.895 bits per heavy atom. The standard InChI is InChI=1S/C26H30ClN3O6S2/c1-17-7-12-24(36-6)25(13-17)38(34,35)30(20-10-8-18(2)22(27)14-20)16-26(31)28-23-15-21(11-9-19(23)3)37(32,33)29(4)5/h7-15H,16H2,1-6H3,(H,28,31). The number of benzene rings is 3. The maximum atomic E-state index is 13.9. The molecule has 0 aliphatic heterocycles. The highest BCUT2D eigenvalue weighted by Gasteiger charge is 2.31. The zero-order chi connectivity index (χ0) is 28.4. The highest BCUT2D eigenvalue weighted by atomic mass is 35.5. The van der Waals surface area contributed by atoms with Gasteiger partial charge in [-0.1, -0.05) is 29.8 Å². The second kappa shape index (κ2) is 11.3. The van der Waals surface area contributed by atoms with Gasteiger partial charge in [-0.25, -0.2) is 21.1 Å². The number of sulfonamides is 2. The van der Waals surface area contributed by atoms with Crippen molar-refractivity contribution in [3.63, 3.8) is 0 Å². The molecule has 0 saturated heterocycles. The Labute approximate surface area is 229 Å². The van der Waals surface area contributed by atoms with Crippen LogP contribution in [0.2, 0.25) is 5.02 Å². The first-order chi connectivity index (χ1) is 17.7. The summed E-state index contributed by atoms with van der Waals surface area (Å²) in [6.45, 7) is 4.62. The topological polar surface area (TPSA) is 113 Å². The molecule has 0 fully saturated rings. The van der Waals surface area contributed by atoms with Gasteiger partial charge in [0.1, 0.15) is 17.2 Å². The Morgan fingerprint density at radius 2 is 1.55 bits per heavy atom. The normalized spacial score (nSPS) is 11.9. The number of hydrogen-bond donors (Lipinski definition) is 1. The molecule has 38 heavy (non-hydrogen) atoms. The molecule has 3 aromatic rings. The molecule has 0 spiro atoms. The first kappa shape index (κ1) is 29.4. The smallest absolute Gasteiger partial charge is 0.268 e. The van der Waals surface area contributed by atoms with Gasteiger partial charge in [0, 0.05) is 24.8 Å². The summed E-state index contributed by atoms with van der Waals surface area (Å²) in [5, 5.41) is 2.99. The summed E-state index contributed by atoms with van der Waals surface area (Å²) in [6, 6.07) is 13.8. The van der Waals surface area contributed by atoms with Crippen molar-refractivity contribution in [2.45, 2.75) is 30.6 Å². The molecule has 0 aliphatic rings. The van der Waals surface area contributed by atoms with Gasteiger partial charge < -0.3 is 10.1 Å². The van der Waals surface area contributed by atoms with E-state index in [4.69, 9.17) is 16.3 Å². The number of carbonyl (C=O) groups is 1. The Bertz CT molecular complexity index is 1590. The van der Waals surface area contributed by atoms with Crippen LogP contribution in [0.4, 0.5) is 11.4 Å². The highest BCUT2D eigenvalue weighted by Crippen LogP contribution is 2.33. The minimum absolute atomic E-state index is 0.0114. The lowest BCUT2D eigenvalue weighted by atomic mass is 10.2. The summed E-state index contributed by atoms with van der Waals surface area (Å²) in [5.41, 5.74) is 2.44. The van der Waals surface area contributed by atoms with Crippen LogP contribution in [0, 0.1) is 20.8 Å². The van der Waals surface area contributed by atoms with Crippen molar-refractivity contribution in [1.29, 1.82) is 0 Å². The van der Waals surface area contributed by atoms with E-state index in [1.165, 1.54) is 45.5 Å². The number of rotatable bonds is 9. The summed E-state index contributed by atoms with van der Waals surface area (Å²) in [4.78, 5) is 13.1. The Balaban J connectivity index is 2.06. The van der Waals surface area contributed by atoms with Crippen molar-refractivity contribution >= 4 is 48.9 Å². The third-order valence-electron chi connectivity index (χ3n) is 5.88. The molecule has 1 N–H and O–H groups in total. The van der Waals surface area contributed by atoms with Crippen molar-refractivity contribution in [2.24, 2.45) is 0 Å². The summed E-state index contributed by atoms with van der Waals surface area (Å²) < 4.78 is 60.3. The van der Waals surface area contributed by atoms with E-state index in [0.29, 0.717) is 16.1 Å². The highest BCUT2D eigenvalue weighted by molar-refractivity contribution is 7.93. The zero-order valence-electron chi connectivity index (χ0n) is 21.9. The molecular weight excluding hydrogens is 550 g/mol. The number of anilines is 2. The molecule has 3 rings (SSSR count). The van der Waals surface area contributed by atoms with Gasteiger partial charge in [-0.05, 0) is 73.9 Å². The number of ether oxygens (including phenoxy) is 1. The number of methoxy groups -OCH3 is 1. The number of nitrogens with one attached hydrogen (secondary N) is 1. The molecule has 3 aromatic carbocycles. The number of hydrogen-bond acceptors (Lipinski definition) is 6. The van der Waals surface area contributed by atoms with Crippen molar-refractivity contribution in [3.8, 4) is 5.75 Å². The number of nitrogens with zero attached hydrogens (tertiary/aromatic N) is 2. The molecule has 0 aliphatic carbocycles. The number of aryl methyl sites for hydroxylation is 3. The average molecular weight is 580 g/mol. The summed E-state index contributed by atoms with van der Waals surface area (Å²) in [6.07, 6.45) is 0. The second-order valence-corrected chi connectivity index (χ2v) is 13.3. The van der Waals surface area contributed by atoms with E-state index >= 15 is 0 Å².